The molecule has 0 saturated carbocycles. The third-order valence-corrected chi connectivity index (χ3v) is 2.61. The molecule has 1 amide bonds. The van der Waals surface area contributed by atoms with E-state index in [4.69, 9.17) is 4.74 Å². The number of ether oxygens (including phenoxy) is 1. The summed E-state index contributed by atoms with van der Waals surface area (Å²) in [6, 6.07) is 3.18. The molecule has 0 aromatic heterocycles. The van der Waals surface area contributed by atoms with Crippen molar-refractivity contribution >= 4 is 5.91 Å². The average molecular weight is 241 g/mol. The van der Waals surface area contributed by atoms with Crippen LogP contribution in [-0.4, -0.2) is 18.6 Å². The molecule has 0 bridgehead atoms. The third-order valence-electron chi connectivity index (χ3n) is 2.61. The van der Waals surface area contributed by atoms with Crippen molar-refractivity contribution in [3.05, 3.63) is 35.4 Å². The first-order valence-corrected chi connectivity index (χ1v) is 5.49. The lowest BCUT2D eigenvalue weighted by molar-refractivity contribution is -0.130. The Bertz CT molecular complexity index is 397. The van der Waals surface area contributed by atoms with Crippen molar-refractivity contribution in [2.45, 2.75) is 25.5 Å². The summed E-state index contributed by atoms with van der Waals surface area (Å²) in [5.41, 5.74) is 0.397. The quantitative estimate of drug-likeness (QED) is 0.875. The molecule has 1 atom stereocenters. The molecule has 0 aliphatic carbocycles. The topological polar surface area (TPSA) is 38.3 Å². The van der Waals surface area contributed by atoms with Gasteiger partial charge in [-0.1, -0.05) is 0 Å². The van der Waals surface area contributed by atoms with Crippen LogP contribution >= 0.6 is 0 Å². The molecule has 92 valence electrons. The normalized spacial score (nSPS) is 19.3. The van der Waals surface area contributed by atoms with Gasteiger partial charge in [-0.2, -0.15) is 0 Å². The second-order valence-electron chi connectivity index (χ2n) is 4.00. The first-order valence-electron chi connectivity index (χ1n) is 5.49. The van der Waals surface area contributed by atoms with Crippen LogP contribution in [0.25, 0.3) is 0 Å². The number of halogens is 2. The van der Waals surface area contributed by atoms with E-state index >= 15 is 0 Å². The molecule has 1 unspecified atom stereocenters. The van der Waals surface area contributed by atoms with Crippen molar-refractivity contribution in [1.82, 2.24) is 5.32 Å². The monoisotopic (exact) mass is 241 g/mol. The zero-order valence-corrected chi connectivity index (χ0v) is 9.21. The largest absolute Gasteiger partial charge is 0.368 e. The van der Waals surface area contributed by atoms with E-state index in [0.717, 1.165) is 12.5 Å². The number of benzene rings is 1. The van der Waals surface area contributed by atoms with Gasteiger partial charge in [0.15, 0.2) is 0 Å². The Morgan fingerprint density at radius 1 is 1.35 bits per heavy atom. The van der Waals surface area contributed by atoms with Crippen molar-refractivity contribution in [3.63, 3.8) is 0 Å². The van der Waals surface area contributed by atoms with Crippen LogP contribution in [0.15, 0.2) is 18.2 Å². The van der Waals surface area contributed by atoms with Crippen LogP contribution in [0.2, 0.25) is 0 Å². The molecule has 0 radical (unpaired) electrons. The van der Waals surface area contributed by atoms with Crippen molar-refractivity contribution in [3.8, 4) is 0 Å². The van der Waals surface area contributed by atoms with Gasteiger partial charge in [0.25, 0.3) is 0 Å². The Kier molecular flexibility index (Phi) is 3.68. The maximum Gasteiger partial charge on any atom is 0.249 e. The summed E-state index contributed by atoms with van der Waals surface area (Å²) in [6.07, 6.45) is 1.14. The summed E-state index contributed by atoms with van der Waals surface area (Å²) in [7, 11) is 0. The van der Waals surface area contributed by atoms with E-state index in [1.165, 1.54) is 12.1 Å². The Labute approximate surface area is 97.8 Å². The van der Waals surface area contributed by atoms with Gasteiger partial charge in [0.1, 0.15) is 17.7 Å². The third kappa shape index (κ3) is 3.23. The van der Waals surface area contributed by atoms with Crippen LogP contribution in [-0.2, 0) is 16.1 Å². The van der Waals surface area contributed by atoms with Crippen LogP contribution in [0.5, 0.6) is 0 Å². The van der Waals surface area contributed by atoms with E-state index in [1.807, 2.05) is 0 Å². The molecule has 0 spiro atoms. The fourth-order valence-corrected chi connectivity index (χ4v) is 1.80. The Balaban J connectivity index is 1.90. The highest BCUT2D eigenvalue weighted by Gasteiger charge is 2.22. The lowest BCUT2D eigenvalue weighted by Crippen LogP contribution is -2.33. The van der Waals surface area contributed by atoms with Gasteiger partial charge in [-0.25, -0.2) is 8.78 Å². The summed E-state index contributed by atoms with van der Waals surface area (Å²) in [4.78, 5) is 11.6. The fourth-order valence-electron chi connectivity index (χ4n) is 1.80. The smallest absolute Gasteiger partial charge is 0.249 e. The molecule has 1 aliphatic heterocycles. The van der Waals surface area contributed by atoms with E-state index < -0.39 is 17.7 Å². The van der Waals surface area contributed by atoms with E-state index in [2.05, 4.69) is 5.32 Å². The second kappa shape index (κ2) is 5.23. The fraction of sp³-hybridized carbons (Fsp3) is 0.417. The lowest BCUT2D eigenvalue weighted by Gasteiger charge is -2.10. The molecule has 1 aliphatic rings. The number of hydrogen-bond acceptors (Lipinski definition) is 2. The van der Waals surface area contributed by atoms with Gasteiger partial charge in [0.2, 0.25) is 5.91 Å². The minimum Gasteiger partial charge on any atom is -0.368 e. The highest BCUT2D eigenvalue weighted by molar-refractivity contribution is 5.80. The zero-order valence-electron chi connectivity index (χ0n) is 9.21. The zero-order chi connectivity index (χ0) is 12.3. The molecule has 1 heterocycles. The maximum atomic E-state index is 12.9. The summed E-state index contributed by atoms with van der Waals surface area (Å²) in [5, 5.41) is 2.60. The van der Waals surface area contributed by atoms with Crippen LogP contribution in [0.4, 0.5) is 8.78 Å². The molecule has 17 heavy (non-hydrogen) atoms. The van der Waals surface area contributed by atoms with Gasteiger partial charge >= 0.3 is 0 Å². The van der Waals surface area contributed by atoms with Crippen molar-refractivity contribution < 1.29 is 18.3 Å². The number of nitrogens with one attached hydrogen (secondary N) is 1. The van der Waals surface area contributed by atoms with Crippen LogP contribution in [0.3, 0.4) is 0 Å². The lowest BCUT2D eigenvalue weighted by atomic mass is 10.2. The van der Waals surface area contributed by atoms with Crippen molar-refractivity contribution in [2.75, 3.05) is 6.61 Å². The highest BCUT2D eigenvalue weighted by atomic mass is 19.1. The van der Waals surface area contributed by atoms with Gasteiger partial charge in [-0.05, 0) is 30.5 Å². The first-order chi connectivity index (χ1) is 8.15. The van der Waals surface area contributed by atoms with Crippen LogP contribution in [0, 0.1) is 11.6 Å². The molecule has 1 aromatic carbocycles. The Hall–Kier alpha value is -1.49. The van der Waals surface area contributed by atoms with Gasteiger partial charge in [-0.15, -0.1) is 0 Å². The van der Waals surface area contributed by atoms with Crippen LogP contribution < -0.4 is 5.32 Å². The maximum absolute atomic E-state index is 12.9. The van der Waals surface area contributed by atoms with Gasteiger partial charge in [0, 0.05) is 19.2 Å². The SMILES string of the molecule is O=C(NCc1cc(F)cc(F)c1)C1CCCO1. The predicted molar refractivity (Wildman–Crippen MR) is 57.2 cm³/mol. The number of rotatable bonds is 3. The molecule has 2 rings (SSSR count). The molecule has 1 aromatic rings. The first kappa shape index (κ1) is 12.0. The van der Waals surface area contributed by atoms with Crippen molar-refractivity contribution in [1.29, 1.82) is 0 Å². The van der Waals surface area contributed by atoms with Gasteiger partial charge < -0.3 is 10.1 Å². The number of carbonyl (C=O) groups excluding carboxylic acids is 1. The van der Waals surface area contributed by atoms with E-state index in [0.29, 0.717) is 18.6 Å². The summed E-state index contributed by atoms with van der Waals surface area (Å²) >= 11 is 0. The predicted octanol–water partition coefficient (Wildman–Crippen LogP) is 1.76. The minimum absolute atomic E-state index is 0.105. The molecule has 1 saturated heterocycles. The number of carbonyl (C=O) groups is 1. The molecular weight excluding hydrogens is 228 g/mol. The van der Waals surface area contributed by atoms with E-state index in [9.17, 15) is 13.6 Å². The second-order valence-corrected chi connectivity index (χ2v) is 4.00. The van der Waals surface area contributed by atoms with Gasteiger partial charge in [0.05, 0.1) is 0 Å². The average Bonchev–Trinajstić information content (AvgIpc) is 2.78. The molecule has 1 N–H and O–H groups in total. The number of hydrogen-bond donors (Lipinski definition) is 1. The molecule has 5 heteroatoms. The van der Waals surface area contributed by atoms with E-state index in [-0.39, 0.29) is 12.5 Å². The van der Waals surface area contributed by atoms with Crippen molar-refractivity contribution in [2.24, 2.45) is 0 Å². The Morgan fingerprint density at radius 2 is 2.06 bits per heavy atom. The minimum atomic E-state index is -0.647. The summed E-state index contributed by atoms with van der Waals surface area (Å²) in [6.45, 7) is 0.694. The number of amides is 1. The van der Waals surface area contributed by atoms with Crippen LogP contribution in [0.1, 0.15) is 18.4 Å². The highest BCUT2D eigenvalue weighted by Crippen LogP contribution is 2.12. The van der Waals surface area contributed by atoms with Gasteiger partial charge in [-0.3, -0.25) is 4.79 Å². The summed E-state index contributed by atoms with van der Waals surface area (Å²) in [5.74, 6) is -1.52. The Morgan fingerprint density at radius 3 is 2.65 bits per heavy atom. The molecular formula is C12H13F2NO2. The van der Waals surface area contributed by atoms with E-state index in [1.54, 1.807) is 0 Å². The molecule has 1 fully saturated rings. The summed E-state index contributed by atoms with van der Waals surface area (Å²) < 4.78 is 30.9. The molecule has 3 nitrogen and oxygen atoms in total. The standard InChI is InChI=1S/C12H13F2NO2/c13-9-4-8(5-10(14)6-9)7-15-12(16)11-2-1-3-17-11/h4-6,11H,1-3,7H2,(H,15,16).